The molecule has 0 radical (unpaired) electrons. The van der Waals surface area contributed by atoms with Gasteiger partial charge in [-0.2, -0.15) is 0 Å². The SMILES string of the molecule is CC(C)On1c(SCC(N)=O)nc2ccccc2c1=O. The van der Waals surface area contributed by atoms with E-state index in [9.17, 15) is 9.59 Å². The summed E-state index contributed by atoms with van der Waals surface area (Å²) >= 11 is 1.08. The zero-order chi connectivity index (χ0) is 14.7. The van der Waals surface area contributed by atoms with Crippen molar-refractivity contribution < 1.29 is 9.63 Å². The van der Waals surface area contributed by atoms with Crippen LogP contribution in [0.5, 0.6) is 0 Å². The van der Waals surface area contributed by atoms with E-state index in [4.69, 9.17) is 10.6 Å². The minimum Gasteiger partial charge on any atom is -0.406 e. The van der Waals surface area contributed by atoms with Crippen molar-refractivity contribution in [2.45, 2.75) is 25.1 Å². The van der Waals surface area contributed by atoms with E-state index >= 15 is 0 Å². The molecule has 0 saturated heterocycles. The molecule has 2 aromatic rings. The molecule has 106 valence electrons. The van der Waals surface area contributed by atoms with Crippen LogP contribution in [-0.4, -0.2) is 27.5 Å². The van der Waals surface area contributed by atoms with Crippen molar-refractivity contribution in [3.05, 3.63) is 34.6 Å². The fourth-order valence-corrected chi connectivity index (χ4v) is 2.30. The van der Waals surface area contributed by atoms with E-state index in [2.05, 4.69) is 4.98 Å². The highest BCUT2D eigenvalue weighted by Gasteiger charge is 2.14. The first-order valence-electron chi connectivity index (χ1n) is 6.09. The second-order valence-corrected chi connectivity index (χ2v) is 5.36. The number of hydrogen-bond donors (Lipinski definition) is 1. The highest BCUT2D eigenvalue weighted by molar-refractivity contribution is 7.99. The number of thioether (sulfide) groups is 1. The molecule has 0 fully saturated rings. The third kappa shape index (κ3) is 3.11. The molecule has 0 spiro atoms. The van der Waals surface area contributed by atoms with Crippen LogP contribution in [0.4, 0.5) is 0 Å². The minimum atomic E-state index is -0.478. The quantitative estimate of drug-likeness (QED) is 0.651. The van der Waals surface area contributed by atoms with Crippen molar-refractivity contribution in [1.82, 2.24) is 9.71 Å². The number of hydrogen-bond acceptors (Lipinski definition) is 5. The summed E-state index contributed by atoms with van der Waals surface area (Å²) in [4.78, 5) is 33.1. The van der Waals surface area contributed by atoms with Gasteiger partial charge in [0.25, 0.3) is 5.56 Å². The lowest BCUT2D eigenvalue weighted by atomic mass is 10.2. The molecule has 2 rings (SSSR count). The van der Waals surface area contributed by atoms with Gasteiger partial charge in [-0.05, 0) is 26.0 Å². The zero-order valence-electron chi connectivity index (χ0n) is 11.2. The lowest BCUT2D eigenvalue weighted by Gasteiger charge is -2.15. The predicted octanol–water partition coefficient (Wildman–Crippen LogP) is 0.811. The van der Waals surface area contributed by atoms with Crippen molar-refractivity contribution in [2.24, 2.45) is 5.73 Å². The summed E-state index contributed by atoms with van der Waals surface area (Å²) in [6.07, 6.45) is -0.191. The number of para-hydroxylation sites is 1. The van der Waals surface area contributed by atoms with E-state index < -0.39 is 5.91 Å². The number of benzene rings is 1. The summed E-state index contributed by atoms with van der Waals surface area (Å²) < 4.78 is 1.13. The number of primary amides is 1. The Balaban J connectivity index is 2.57. The summed E-state index contributed by atoms with van der Waals surface area (Å²) in [5.41, 5.74) is 5.39. The third-order valence-electron chi connectivity index (χ3n) is 2.37. The van der Waals surface area contributed by atoms with Gasteiger partial charge in [0.1, 0.15) is 6.10 Å². The maximum atomic E-state index is 12.4. The van der Waals surface area contributed by atoms with E-state index in [1.807, 2.05) is 13.8 Å². The molecule has 0 atom stereocenters. The number of aromatic nitrogens is 2. The van der Waals surface area contributed by atoms with Gasteiger partial charge >= 0.3 is 0 Å². The average molecular weight is 293 g/mol. The maximum Gasteiger partial charge on any atom is 0.295 e. The zero-order valence-corrected chi connectivity index (χ0v) is 12.0. The van der Waals surface area contributed by atoms with Gasteiger partial charge in [0.15, 0.2) is 0 Å². The Hall–Kier alpha value is -2.02. The molecule has 20 heavy (non-hydrogen) atoms. The molecule has 0 aliphatic rings. The van der Waals surface area contributed by atoms with Gasteiger partial charge in [-0.25, -0.2) is 4.98 Å². The molecule has 0 aliphatic carbocycles. The summed E-state index contributed by atoms with van der Waals surface area (Å²) in [7, 11) is 0. The van der Waals surface area contributed by atoms with Crippen molar-refractivity contribution >= 4 is 28.6 Å². The topological polar surface area (TPSA) is 87.2 Å². The Labute approximate surface area is 119 Å². The van der Waals surface area contributed by atoms with Gasteiger partial charge in [-0.15, -0.1) is 4.73 Å². The Morgan fingerprint density at radius 1 is 1.45 bits per heavy atom. The molecule has 7 heteroatoms. The van der Waals surface area contributed by atoms with Crippen LogP contribution in [0, 0.1) is 0 Å². The normalized spacial score (nSPS) is 10.9. The molecular formula is C13H15N3O3S. The standard InChI is InChI=1S/C13H15N3O3S/c1-8(2)19-16-12(18)9-5-3-4-6-10(9)15-13(16)20-7-11(14)17/h3-6,8H,7H2,1-2H3,(H2,14,17). The van der Waals surface area contributed by atoms with Crippen LogP contribution in [0.15, 0.2) is 34.2 Å². The first kappa shape index (κ1) is 14.4. The van der Waals surface area contributed by atoms with Crippen LogP contribution in [0.2, 0.25) is 0 Å². The van der Waals surface area contributed by atoms with Crippen molar-refractivity contribution in [3.8, 4) is 0 Å². The summed E-state index contributed by atoms with van der Waals surface area (Å²) in [5.74, 6) is -0.444. The molecule has 0 bridgehead atoms. The third-order valence-corrected chi connectivity index (χ3v) is 3.31. The molecular weight excluding hydrogens is 278 g/mol. The highest BCUT2D eigenvalue weighted by atomic mass is 32.2. The van der Waals surface area contributed by atoms with Crippen LogP contribution in [-0.2, 0) is 4.79 Å². The van der Waals surface area contributed by atoms with Gasteiger partial charge in [0.2, 0.25) is 11.1 Å². The van der Waals surface area contributed by atoms with Gasteiger partial charge in [-0.1, -0.05) is 23.9 Å². The second kappa shape index (κ2) is 5.96. The van der Waals surface area contributed by atoms with Crippen LogP contribution in [0.25, 0.3) is 10.9 Å². The molecule has 0 unspecified atom stereocenters. The lowest BCUT2D eigenvalue weighted by molar-refractivity contribution is -0.115. The molecule has 1 aromatic heterocycles. The smallest absolute Gasteiger partial charge is 0.295 e. The Bertz CT molecular complexity index is 697. The van der Waals surface area contributed by atoms with E-state index in [1.165, 1.54) is 0 Å². The molecule has 0 aliphatic heterocycles. The first-order chi connectivity index (χ1) is 9.49. The largest absolute Gasteiger partial charge is 0.406 e. The van der Waals surface area contributed by atoms with Gasteiger partial charge in [0, 0.05) is 0 Å². The first-order valence-corrected chi connectivity index (χ1v) is 7.07. The predicted molar refractivity (Wildman–Crippen MR) is 77.6 cm³/mol. The molecule has 2 N–H and O–H groups in total. The number of amides is 1. The summed E-state index contributed by atoms with van der Waals surface area (Å²) in [6.45, 7) is 3.62. The van der Waals surface area contributed by atoms with E-state index in [1.54, 1.807) is 24.3 Å². The average Bonchev–Trinajstić information content (AvgIpc) is 2.39. The lowest BCUT2D eigenvalue weighted by Crippen LogP contribution is -2.33. The maximum absolute atomic E-state index is 12.4. The van der Waals surface area contributed by atoms with E-state index in [0.29, 0.717) is 16.1 Å². The number of nitrogens with two attached hydrogens (primary N) is 1. The fraction of sp³-hybridized carbons (Fsp3) is 0.308. The monoisotopic (exact) mass is 293 g/mol. The number of carbonyl (C=O) groups excluding carboxylic acids is 1. The fourth-order valence-electron chi connectivity index (χ4n) is 1.63. The Morgan fingerprint density at radius 3 is 2.80 bits per heavy atom. The molecule has 1 heterocycles. The van der Waals surface area contributed by atoms with E-state index in [-0.39, 0.29) is 17.4 Å². The van der Waals surface area contributed by atoms with Gasteiger partial charge in [0.05, 0.1) is 16.7 Å². The number of rotatable bonds is 5. The number of nitrogens with zero attached hydrogens (tertiary/aromatic N) is 2. The molecule has 0 saturated carbocycles. The Morgan fingerprint density at radius 2 is 2.15 bits per heavy atom. The summed E-state index contributed by atoms with van der Waals surface area (Å²) in [5, 5.41) is 0.790. The van der Waals surface area contributed by atoms with Crippen molar-refractivity contribution in [3.63, 3.8) is 0 Å². The number of fused-ring (bicyclic) bond motifs is 1. The van der Waals surface area contributed by atoms with Gasteiger partial charge < -0.3 is 10.6 Å². The Kier molecular flexibility index (Phi) is 4.29. The molecule has 1 amide bonds. The van der Waals surface area contributed by atoms with E-state index in [0.717, 1.165) is 16.5 Å². The van der Waals surface area contributed by atoms with Crippen molar-refractivity contribution in [1.29, 1.82) is 0 Å². The highest BCUT2D eigenvalue weighted by Crippen LogP contribution is 2.16. The van der Waals surface area contributed by atoms with Crippen molar-refractivity contribution in [2.75, 3.05) is 5.75 Å². The molecule has 6 nitrogen and oxygen atoms in total. The van der Waals surface area contributed by atoms with Crippen LogP contribution >= 0.6 is 11.8 Å². The van der Waals surface area contributed by atoms with Crippen LogP contribution in [0.1, 0.15) is 13.8 Å². The van der Waals surface area contributed by atoms with Crippen LogP contribution in [0.3, 0.4) is 0 Å². The van der Waals surface area contributed by atoms with Crippen LogP contribution < -0.4 is 16.1 Å². The molecule has 1 aromatic carbocycles. The minimum absolute atomic E-state index is 0.0340. The second-order valence-electron chi connectivity index (χ2n) is 4.42. The summed E-state index contributed by atoms with van der Waals surface area (Å²) in [6, 6.07) is 6.99. The van der Waals surface area contributed by atoms with Gasteiger partial charge in [-0.3, -0.25) is 9.59 Å². The number of carbonyl (C=O) groups is 1.